The van der Waals surface area contributed by atoms with Crippen LogP contribution < -0.4 is 0 Å². The summed E-state index contributed by atoms with van der Waals surface area (Å²) in [5, 5.41) is 9.83. The minimum Gasteiger partial charge on any atom is -0.370 e. The SMILES string of the molecule is CN1C=CC(O)N(C)C1=S. The van der Waals surface area contributed by atoms with Crippen LogP contribution in [-0.4, -0.2) is 40.3 Å². The second kappa shape index (κ2) is 2.56. The molecule has 0 aromatic heterocycles. The Morgan fingerprint density at radius 3 is 2.70 bits per heavy atom. The molecule has 0 saturated heterocycles. The lowest BCUT2D eigenvalue weighted by Gasteiger charge is -2.32. The number of hydrogen-bond donors (Lipinski definition) is 1. The summed E-state index contributed by atoms with van der Waals surface area (Å²) in [6.45, 7) is 0. The van der Waals surface area contributed by atoms with Crippen molar-refractivity contribution in [2.75, 3.05) is 14.1 Å². The van der Waals surface area contributed by atoms with E-state index in [0.717, 1.165) is 0 Å². The molecule has 0 aromatic carbocycles. The van der Waals surface area contributed by atoms with Gasteiger partial charge in [0.05, 0.1) is 0 Å². The lowest BCUT2D eigenvalue weighted by atomic mass is 10.4. The van der Waals surface area contributed by atoms with Crippen molar-refractivity contribution >= 4 is 17.3 Å². The highest BCUT2D eigenvalue weighted by molar-refractivity contribution is 7.80. The number of likely N-dealkylation sites (N-methyl/N-ethyl adjacent to an activating group) is 1. The zero-order valence-corrected chi connectivity index (χ0v) is 6.80. The normalized spacial score (nSPS) is 25.9. The molecule has 1 aliphatic rings. The Balaban J connectivity index is 2.79. The predicted octanol–water partition coefficient (Wildman–Crippen LogP) is -0.0194. The first-order chi connectivity index (χ1) is 4.63. The molecule has 56 valence electrons. The van der Waals surface area contributed by atoms with Crippen LogP contribution in [0.3, 0.4) is 0 Å². The second-order valence-corrected chi connectivity index (χ2v) is 2.62. The molecule has 1 aliphatic heterocycles. The van der Waals surface area contributed by atoms with Crippen molar-refractivity contribution in [2.24, 2.45) is 0 Å². The van der Waals surface area contributed by atoms with Crippen molar-refractivity contribution in [2.45, 2.75) is 6.23 Å². The van der Waals surface area contributed by atoms with E-state index in [1.807, 2.05) is 7.05 Å². The standard InChI is InChI=1S/C6H10N2OS/c1-7-4-3-5(9)8(2)6(7)10/h3-5,9H,1-2H3. The van der Waals surface area contributed by atoms with Crippen LogP contribution in [0.1, 0.15) is 0 Å². The van der Waals surface area contributed by atoms with Gasteiger partial charge in [-0.3, -0.25) is 0 Å². The van der Waals surface area contributed by atoms with Crippen molar-refractivity contribution in [1.82, 2.24) is 9.80 Å². The van der Waals surface area contributed by atoms with Gasteiger partial charge in [-0.05, 0) is 18.3 Å². The Morgan fingerprint density at radius 2 is 2.20 bits per heavy atom. The first kappa shape index (κ1) is 7.50. The number of nitrogens with zero attached hydrogens (tertiary/aromatic N) is 2. The molecular weight excluding hydrogens is 148 g/mol. The minimum atomic E-state index is -0.566. The number of aliphatic hydroxyl groups excluding tert-OH is 1. The quantitative estimate of drug-likeness (QED) is 0.501. The molecule has 1 rings (SSSR count). The van der Waals surface area contributed by atoms with Crippen LogP contribution in [0.4, 0.5) is 0 Å². The molecule has 4 heteroatoms. The molecule has 1 N–H and O–H groups in total. The van der Waals surface area contributed by atoms with Gasteiger partial charge in [0.25, 0.3) is 0 Å². The van der Waals surface area contributed by atoms with E-state index in [9.17, 15) is 5.11 Å². The molecule has 1 atom stereocenters. The minimum absolute atomic E-state index is 0.566. The summed E-state index contributed by atoms with van der Waals surface area (Å²) in [4.78, 5) is 3.40. The maximum Gasteiger partial charge on any atom is 0.177 e. The average Bonchev–Trinajstić information content (AvgIpc) is 1.93. The van der Waals surface area contributed by atoms with Crippen LogP contribution >= 0.6 is 12.2 Å². The molecule has 1 unspecified atom stereocenters. The molecule has 1 heterocycles. The highest BCUT2D eigenvalue weighted by atomic mass is 32.1. The molecule has 10 heavy (non-hydrogen) atoms. The van der Waals surface area contributed by atoms with Gasteiger partial charge in [-0.25, -0.2) is 0 Å². The zero-order chi connectivity index (χ0) is 7.72. The fraction of sp³-hybridized carbons (Fsp3) is 0.500. The number of aliphatic hydroxyl groups is 1. The largest absolute Gasteiger partial charge is 0.370 e. The molecule has 0 aliphatic carbocycles. The second-order valence-electron chi connectivity index (χ2n) is 2.26. The molecule has 0 radical (unpaired) electrons. The van der Waals surface area contributed by atoms with E-state index in [1.54, 1.807) is 29.1 Å². The van der Waals surface area contributed by atoms with Crippen LogP contribution in [0.25, 0.3) is 0 Å². The molecule has 0 amide bonds. The van der Waals surface area contributed by atoms with E-state index in [4.69, 9.17) is 12.2 Å². The van der Waals surface area contributed by atoms with Crippen LogP contribution in [0.5, 0.6) is 0 Å². The van der Waals surface area contributed by atoms with Crippen molar-refractivity contribution < 1.29 is 5.11 Å². The smallest absolute Gasteiger partial charge is 0.177 e. The zero-order valence-electron chi connectivity index (χ0n) is 5.98. The topological polar surface area (TPSA) is 26.7 Å². The molecular formula is C6H10N2OS. The van der Waals surface area contributed by atoms with Crippen LogP contribution in [0, 0.1) is 0 Å². The molecule has 0 saturated carbocycles. The lowest BCUT2D eigenvalue weighted by molar-refractivity contribution is 0.102. The number of rotatable bonds is 0. The summed E-state index contributed by atoms with van der Waals surface area (Å²) in [5.74, 6) is 0. The Morgan fingerprint density at radius 1 is 1.60 bits per heavy atom. The Labute approximate surface area is 65.5 Å². The molecule has 0 aromatic rings. The van der Waals surface area contributed by atoms with Crippen LogP contribution in [-0.2, 0) is 0 Å². The summed E-state index contributed by atoms with van der Waals surface area (Å²) >= 11 is 4.97. The third-order valence-corrected chi connectivity index (χ3v) is 2.06. The van der Waals surface area contributed by atoms with E-state index < -0.39 is 6.23 Å². The Hall–Kier alpha value is -0.610. The maximum absolute atomic E-state index is 9.19. The van der Waals surface area contributed by atoms with Gasteiger partial charge >= 0.3 is 0 Å². The monoisotopic (exact) mass is 158 g/mol. The third kappa shape index (κ3) is 1.12. The van der Waals surface area contributed by atoms with E-state index in [1.165, 1.54) is 0 Å². The van der Waals surface area contributed by atoms with Gasteiger partial charge < -0.3 is 14.9 Å². The van der Waals surface area contributed by atoms with Gasteiger partial charge in [0.1, 0.15) is 6.23 Å². The van der Waals surface area contributed by atoms with Gasteiger partial charge in [-0.15, -0.1) is 0 Å². The van der Waals surface area contributed by atoms with E-state index in [-0.39, 0.29) is 0 Å². The summed E-state index contributed by atoms with van der Waals surface area (Å²) in [7, 11) is 3.61. The third-order valence-electron chi connectivity index (χ3n) is 1.48. The summed E-state index contributed by atoms with van der Waals surface area (Å²) < 4.78 is 0. The molecule has 0 spiro atoms. The summed E-state index contributed by atoms with van der Waals surface area (Å²) in [5.41, 5.74) is 0. The van der Waals surface area contributed by atoms with Gasteiger partial charge in [0.15, 0.2) is 5.11 Å². The summed E-state index contributed by atoms with van der Waals surface area (Å²) in [6.07, 6.45) is 2.87. The Bertz CT molecular complexity index is 181. The fourth-order valence-electron chi connectivity index (χ4n) is 0.761. The molecule has 0 bridgehead atoms. The first-order valence-corrected chi connectivity index (χ1v) is 3.40. The predicted molar refractivity (Wildman–Crippen MR) is 43.3 cm³/mol. The maximum atomic E-state index is 9.19. The lowest BCUT2D eigenvalue weighted by Crippen LogP contribution is -2.44. The molecule has 0 fully saturated rings. The summed E-state index contributed by atoms with van der Waals surface area (Å²) in [6, 6.07) is 0. The first-order valence-electron chi connectivity index (χ1n) is 2.99. The van der Waals surface area contributed by atoms with Gasteiger partial charge in [-0.1, -0.05) is 0 Å². The highest BCUT2D eigenvalue weighted by Crippen LogP contribution is 2.06. The van der Waals surface area contributed by atoms with Crippen molar-refractivity contribution in [3.8, 4) is 0 Å². The average molecular weight is 158 g/mol. The fourth-order valence-corrected chi connectivity index (χ4v) is 0.930. The van der Waals surface area contributed by atoms with Crippen molar-refractivity contribution in [1.29, 1.82) is 0 Å². The van der Waals surface area contributed by atoms with Crippen molar-refractivity contribution in [3.05, 3.63) is 12.3 Å². The van der Waals surface area contributed by atoms with E-state index in [0.29, 0.717) is 5.11 Å². The van der Waals surface area contributed by atoms with Crippen molar-refractivity contribution in [3.63, 3.8) is 0 Å². The number of hydrogen-bond acceptors (Lipinski definition) is 2. The Kier molecular flexibility index (Phi) is 1.92. The van der Waals surface area contributed by atoms with Gasteiger partial charge in [0.2, 0.25) is 0 Å². The van der Waals surface area contributed by atoms with E-state index in [2.05, 4.69) is 0 Å². The van der Waals surface area contributed by atoms with Gasteiger partial charge in [-0.2, -0.15) is 0 Å². The van der Waals surface area contributed by atoms with Crippen LogP contribution in [0.15, 0.2) is 12.3 Å². The number of thiocarbonyl (C=S) groups is 1. The van der Waals surface area contributed by atoms with Crippen LogP contribution in [0.2, 0.25) is 0 Å². The van der Waals surface area contributed by atoms with E-state index >= 15 is 0 Å². The molecule has 3 nitrogen and oxygen atoms in total. The highest BCUT2D eigenvalue weighted by Gasteiger charge is 2.17. The van der Waals surface area contributed by atoms with Gasteiger partial charge in [0, 0.05) is 20.3 Å².